The van der Waals surface area contributed by atoms with E-state index in [1.165, 1.54) is 5.69 Å². The van der Waals surface area contributed by atoms with Crippen LogP contribution in [0.1, 0.15) is 10.4 Å². The van der Waals surface area contributed by atoms with E-state index in [0.717, 1.165) is 42.6 Å². The standard InChI is InChI=1S/C21H22N4O/c1-24-11-13-25(14-12-24)18-7-5-17(6-8-18)21(26)23-20-4-2-3-16-9-10-22-15-19(16)20/h2-10,15H,11-14H2,1H3,(H,23,26). The fourth-order valence-electron chi connectivity index (χ4n) is 3.31. The van der Waals surface area contributed by atoms with Crippen LogP contribution in [0.4, 0.5) is 11.4 Å². The number of carbonyl (C=O) groups is 1. The molecule has 2 heterocycles. The number of nitrogens with zero attached hydrogens (tertiary/aromatic N) is 3. The number of piperazine rings is 1. The van der Waals surface area contributed by atoms with Crippen molar-refractivity contribution in [1.29, 1.82) is 0 Å². The van der Waals surface area contributed by atoms with E-state index in [0.29, 0.717) is 5.56 Å². The van der Waals surface area contributed by atoms with E-state index in [2.05, 4.69) is 27.1 Å². The molecule has 1 aromatic heterocycles. The van der Waals surface area contributed by atoms with Crippen LogP contribution >= 0.6 is 0 Å². The predicted molar refractivity (Wildman–Crippen MR) is 106 cm³/mol. The third kappa shape index (κ3) is 3.39. The average molecular weight is 346 g/mol. The fourth-order valence-corrected chi connectivity index (χ4v) is 3.31. The van der Waals surface area contributed by atoms with Gasteiger partial charge in [0.15, 0.2) is 0 Å². The zero-order chi connectivity index (χ0) is 17.9. The van der Waals surface area contributed by atoms with Gasteiger partial charge >= 0.3 is 0 Å². The normalized spacial score (nSPS) is 15.2. The lowest BCUT2D eigenvalue weighted by Gasteiger charge is -2.34. The number of likely N-dealkylation sites (N-methyl/N-ethyl adjacent to an activating group) is 1. The van der Waals surface area contributed by atoms with Crippen LogP contribution < -0.4 is 10.2 Å². The van der Waals surface area contributed by atoms with Gasteiger partial charge in [0.2, 0.25) is 0 Å². The first-order valence-electron chi connectivity index (χ1n) is 8.88. The van der Waals surface area contributed by atoms with Gasteiger partial charge in [0.25, 0.3) is 5.91 Å². The van der Waals surface area contributed by atoms with Crippen LogP contribution in [0.25, 0.3) is 10.8 Å². The molecule has 0 radical (unpaired) electrons. The van der Waals surface area contributed by atoms with Gasteiger partial charge < -0.3 is 15.1 Å². The van der Waals surface area contributed by atoms with Crippen LogP contribution in [-0.2, 0) is 0 Å². The molecule has 132 valence electrons. The number of hydrogen-bond acceptors (Lipinski definition) is 4. The van der Waals surface area contributed by atoms with Crippen molar-refractivity contribution in [2.45, 2.75) is 0 Å². The highest BCUT2D eigenvalue weighted by atomic mass is 16.1. The molecule has 0 unspecified atom stereocenters. The summed E-state index contributed by atoms with van der Waals surface area (Å²) in [6.07, 6.45) is 3.53. The Kier molecular flexibility index (Phi) is 4.54. The largest absolute Gasteiger partial charge is 0.369 e. The van der Waals surface area contributed by atoms with E-state index in [9.17, 15) is 4.79 Å². The molecule has 5 nitrogen and oxygen atoms in total. The molecular formula is C21H22N4O. The van der Waals surface area contributed by atoms with Crippen LogP contribution in [0.5, 0.6) is 0 Å². The van der Waals surface area contributed by atoms with Crippen LogP contribution in [-0.4, -0.2) is 49.0 Å². The minimum atomic E-state index is -0.105. The first kappa shape index (κ1) is 16.5. The molecule has 5 heteroatoms. The van der Waals surface area contributed by atoms with E-state index >= 15 is 0 Å². The van der Waals surface area contributed by atoms with Gasteiger partial charge in [0.05, 0.1) is 5.69 Å². The lowest BCUT2D eigenvalue weighted by Crippen LogP contribution is -2.44. The number of anilines is 2. The molecule has 1 aliphatic rings. The van der Waals surface area contributed by atoms with Gasteiger partial charge in [-0.2, -0.15) is 0 Å². The third-order valence-corrected chi connectivity index (χ3v) is 4.93. The second-order valence-electron chi connectivity index (χ2n) is 6.69. The fraction of sp³-hybridized carbons (Fsp3) is 0.238. The third-order valence-electron chi connectivity index (χ3n) is 4.93. The van der Waals surface area contributed by atoms with Crippen molar-refractivity contribution in [3.05, 3.63) is 66.5 Å². The van der Waals surface area contributed by atoms with E-state index < -0.39 is 0 Å². The highest BCUT2D eigenvalue weighted by molar-refractivity contribution is 6.09. The summed E-state index contributed by atoms with van der Waals surface area (Å²) in [5, 5.41) is 5.01. The number of nitrogens with one attached hydrogen (secondary N) is 1. The summed E-state index contributed by atoms with van der Waals surface area (Å²) >= 11 is 0. The van der Waals surface area contributed by atoms with Gasteiger partial charge in [-0.05, 0) is 48.8 Å². The van der Waals surface area contributed by atoms with Crippen molar-refractivity contribution < 1.29 is 4.79 Å². The highest BCUT2D eigenvalue weighted by Gasteiger charge is 2.15. The number of rotatable bonds is 3. The molecule has 1 fully saturated rings. The van der Waals surface area contributed by atoms with Gasteiger partial charge in [0, 0.05) is 55.2 Å². The molecule has 26 heavy (non-hydrogen) atoms. The maximum Gasteiger partial charge on any atom is 0.255 e. The Hall–Kier alpha value is -2.92. The molecule has 1 amide bonds. The number of hydrogen-bond donors (Lipinski definition) is 1. The summed E-state index contributed by atoms with van der Waals surface area (Å²) in [6.45, 7) is 4.17. The molecule has 1 N–H and O–H groups in total. The summed E-state index contributed by atoms with van der Waals surface area (Å²) in [6, 6.07) is 15.6. The van der Waals surface area contributed by atoms with Crippen molar-refractivity contribution in [3.63, 3.8) is 0 Å². The molecule has 2 aromatic carbocycles. The predicted octanol–water partition coefficient (Wildman–Crippen LogP) is 3.24. The lowest BCUT2D eigenvalue weighted by atomic mass is 10.1. The van der Waals surface area contributed by atoms with E-state index in [1.54, 1.807) is 12.4 Å². The maximum atomic E-state index is 12.6. The quantitative estimate of drug-likeness (QED) is 0.791. The van der Waals surface area contributed by atoms with Gasteiger partial charge in [-0.1, -0.05) is 12.1 Å². The second-order valence-corrected chi connectivity index (χ2v) is 6.69. The van der Waals surface area contributed by atoms with Gasteiger partial charge in [-0.3, -0.25) is 9.78 Å². The Morgan fingerprint density at radius 2 is 1.77 bits per heavy atom. The number of fused-ring (bicyclic) bond motifs is 1. The zero-order valence-electron chi connectivity index (χ0n) is 14.9. The van der Waals surface area contributed by atoms with Crippen molar-refractivity contribution in [2.24, 2.45) is 0 Å². The van der Waals surface area contributed by atoms with Gasteiger partial charge in [0.1, 0.15) is 0 Å². The minimum absolute atomic E-state index is 0.105. The number of carbonyl (C=O) groups excluding carboxylic acids is 1. The second kappa shape index (κ2) is 7.14. The van der Waals surface area contributed by atoms with Crippen molar-refractivity contribution >= 4 is 28.1 Å². The Morgan fingerprint density at radius 1 is 1.00 bits per heavy atom. The first-order valence-corrected chi connectivity index (χ1v) is 8.88. The Labute approximate surface area is 153 Å². The van der Waals surface area contributed by atoms with Crippen LogP contribution in [0.3, 0.4) is 0 Å². The maximum absolute atomic E-state index is 12.6. The summed E-state index contributed by atoms with van der Waals surface area (Å²) in [5.41, 5.74) is 2.61. The van der Waals surface area contributed by atoms with Crippen molar-refractivity contribution in [2.75, 3.05) is 43.4 Å². The molecule has 1 saturated heterocycles. The first-order chi connectivity index (χ1) is 12.7. The van der Waals surface area contributed by atoms with E-state index in [1.807, 2.05) is 48.5 Å². The van der Waals surface area contributed by atoms with E-state index in [4.69, 9.17) is 0 Å². The summed E-state index contributed by atoms with van der Waals surface area (Å²) in [5.74, 6) is -0.105. The van der Waals surface area contributed by atoms with Gasteiger partial charge in [-0.15, -0.1) is 0 Å². The van der Waals surface area contributed by atoms with Crippen LogP contribution in [0.15, 0.2) is 60.9 Å². The van der Waals surface area contributed by atoms with Crippen molar-refractivity contribution in [3.8, 4) is 0 Å². The molecule has 4 rings (SSSR count). The zero-order valence-corrected chi connectivity index (χ0v) is 14.9. The molecular weight excluding hydrogens is 324 g/mol. The van der Waals surface area contributed by atoms with Gasteiger partial charge in [-0.25, -0.2) is 0 Å². The average Bonchev–Trinajstić information content (AvgIpc) is 2.69. The number of aromatic nitrogens is 1. The number of benzene rings is 2. The molecule has 3 aromatic rings. The Morgan fingerprint density at radius 3 is 2.54 bits per heavy atom. The minimum Gasteiger partial charge on any atom is -0.369 e. The molecule has 0 spiro atoms. The number of pyridine rings is 1. The van der Waals surface area contributed by atoms with E-state index in [-0.39, 0.29) is 5.91 Å². The van der Waals surface area contributed by atoms with Crippen LogP contribution in [0.2, 0.25) is 0 Å². The molecule has 1 aliphatic heterocycles. The Bertz CT molecular complexity index is 909. The number of amides is 1. The SMILES string of the molecule is CN1CCN(c2ccc(C(=O)Nc3cccc4ccncc34)cc2)CC1. The molecule has 0 atom stereocenters. The van der Waals surface area contributed by atoms with Crippen LogP contribution in [0, 0.1) is 0 Å². The summed E-state index contributed by atoms with van der Waals surface area (Å²) < 4.78 is 0. The Balaban J connectivity index is 1.50. The smallest absolute Gasteiger partial charge is 0.255 e. The molecule has 0 saturated carbocycles. The summed E-state index contributed by atoms with van der Waals surface area (Å²) in [7, 11) is 2.15. The van der Waals surface area contributed by atoms with Crippen molar-refractivity contribution in [1.82, 2.24) is 9.88 Å². The highest BCUT2D eigenvalue weighted by Crippen LogP contribution is 2.23. The molecule has 0 bridgehead atoms. The monoisotopic (exact) mass is 346 g/mol. The topological polar surface area (TPSA) is 48.5 Å². The molecule has 0 aliphatic carbocycles. The summed E-state index contributed by atoms with van der Waals surface area (Å²) in [4.78, 5) is 21.5. The lowest BCUT2D eigenvalue weighted by molar-refractivity contribution is 0.102.